The average molecular weight is 258 g/mol. The van der Waals surface area contributed by atoms with E-state index >= 15 is 0 Å². The Balaban J connectivity index is 1.93. The summed E-state index contributed by atoms with van der Waals surface area (Å²) < 4.78 is 26.3. The average Bonchev–Trinajstić information content (AvgIpc) is 2.82. The Bertz CT molecular complexity index is 443. The highest BCUT2D eigenvalue weighted by Crippen LogP contribution is 2.15. The van der Waals surface area contributed by atoms with E-state index in [1.54, 1.807) is 0 Å². The summed E-state index contributed by atoms with van der Waals surface area (Å²) in [6.07, 6.45) is 4.98. The van der Waals surface area contributed by atoms with Gasteiger partial charge in [0.25, 0.3) is 0 Å². The summed E-state index contributed by atoms with van der Waals surface area (Å²) >= 11 is 0. The predicted octanol–water partition coefficient (Wildman–Crippen LogP) is 0.0761. The molecule has 2 heterocycles. The first-order chi connectivity index (χ1) is 8.09. The van der Waals surface area contributed by atoms with Crippen LogP contribution in [0.4, 0.5) is 0 Å². The maximum absolute atomic E-state index is 11.8. The molecule has 0 saturated carbocycles. The zero-order valence-corrected chi connectivity index (χ0v) is 10.6. The summed E-state index contributed by atoms with van der Waals surface area (Å²) in [7, 11) is -3.42. The molecule has 2 atom stereocenters. The number of nitrogens with one attached hydrogen (secondary N) is 3. The molecule has 0 aromatic carbocycles. The van der Waals surface area contributed by atoms with E-state index < -0.39 is 10.0 Å². The topological polar surface area (TPSA) is 86.9 Å². The molecule has 3 N–H and O–H groups in total. The van der Waals surface area contributed by atoms with Crippen LogP contribution in [0.1, 0.15) is 19.8 Å². The van der Waals surface area contributed by atoms with Gasteiger partial charge < -0.3 is 5.32 Å². The summed E-state index contributed by atoms with van der Waals surface area (Å²) in [4.78, 5) is 0.181. The smallest absolute Gasteiger partial charge is 0.243 e. The Labute approximate surface area is 101 Å². The van der Waals surface area contributed by atoms with Crippen molar-refractivity contribution in [2.24, 2.45) is 5.92 Å². The zero-order chi connectivity index (χ0) is 12.3. The number of rotatable bonds is 4. The fourth-order valence-electron chi connectivity index (χ4n) is 2.06. The lowest BCUT2D eigenvalue weighted by atomic mass is 9.93. The third-order valence-electron chi connectivity index (χ3n) is 3.21. The van der Waals surface area contributed by atoms with Crippen molar-refractivity contribution < 1.29 is 8.42 Å². The van der Waals surface area contributed by atoms with Gasteiger partial charge in [0.15, 0.2) is 0 Å². The quantitative estimate of drug-likeness (QED) is 0.713. The molecule has 0 radical (unpaired) electrons. The Kier molecular flexibility index (Phi) is 3.80. The lowest BCUT2D eigenvalue weighted by Crippen LogP contribution is -2.47. The molecule has 0 spiro atoms. The molecule has 2 unspecified atom stereocenters. The molecule has 1 aliphatic rings. The van der Waals surface area contributed by atoms with Gasteiger partial charge in [0, 0.05) is 18.8 Å². The van der Waals surface area contributed by atoms with E-state index in [9.17, 15) is 8.42 Å². The number of hydrogen-bond donors (Lipinski definition) is 3. The van der Waals surface area contributed by atoms with Gasteiger partial charge in [0.05, 0.1) is 6.20 Å². The van der Waals surface area contributed by atoms with Crippen molar-refractivity contribution in [1.82, 2.24) is 20.2 Å². The molecule has 1 saturated heterocycles. The first-order valence-corrected chi connectivity index (χ1v) is 7.30. The molecule has 6 nitrogen and oxygen atoms in total. The van der Waals surface area contributed by atoms with Crippen molar-refractivity contribution >= 4 is 10.0 Å². The van der Waals surface area contributed by atoms with E-state index in [0.717, 1.165) is 19.4 Å². The van der Waals surface area contributed by atoms with Gasteiger partial charge in [-0.3, -0.25) is 5.10 Å². The minimum absolute atomic E-state index is 0.181. The molecular weight excluding hydrogens is 240 g/mol. The van der Waals surface area contributed by atoms with Crippen LogP contribution in [0.15, 0.2) is 17.3 Å². The monoisotopic (exact) mass is 258 g/mol. The summed E-state index contributed by atoms with van der Waals surface area (Å²) in [5.74, 6) is 0.496. The maximum atomic E-state index is 11.8. The van der Waals surface area contributed by atoms with Gasteiger partial charge in [-0.25, -0.2) is 13.1 Å². The fraction of sp³-hybridized carbons (Fsp3) is 0.700. The number of sulfonamides is 1. The number of nitrogens with zero attached hydrogens (tertiary/aromatic N) is 1. The Morgan fingerprint density at radius 1 is 1.59 bits per heavy atom. The van der Waals surface area contributed by atoms with Crippen LogP contribution in [0.2, 0.25) is 0 Å². The molecular formula is C10H18N4O2S. The number of aromatic amines is 1. The van der Waals surface area contributed by atoms with Crippen molar-refractivity contribution in [3.63, 3.8) is 0 Å². The van der Waals surface area contributed by atoms with E-state index in [0.29, 0.717) is 12.5 Å². The molecule has 1 aliphatic heterocycles. The molecule has 1 aromatic rings. The largest absolute Gasteiger partial charge is 0.312 e. The number of H-pyrrole nitrogens is 1. The second kappa shape index (κ2) is 5.16. The highest BCUT2D eigenvalue weighted by atomic mass is 32.2. The first-order valence-electron chi connectivity index (χ1n) is 5.81. The van der Waals surface area contributed by atoms with Crippen LogP contribution in [0.5, 0.6) is 0 Å². The zero-order valence-electron chi connectivity index (χ0n) is 9.81. The molecule has 0 amide bonds. The molecule has 0 aliphatic carbocycles. The third-order valence-corrected chi connectivity index (χ3v) is 4.60. The van der Waals surface area contributed by atoms with Crippen LogP contribution < -0.4 is 10.0 Å². The third kappa shape index (κ3) is 3.05. The summed E-state index contributed by atoms with van der Waals surface area (Å²) in [6, 6.07) is 0.213. The number of hydrogen-bond acceptors (Lipinski definition) is 4. The van der Waals surface area contributed by atoms with E-state index in [1.807, 2.05) is 0 Å². The SMILES string of the molecule is CC1CCCNC1CNS(=O)(=O)c1cn[nH]c1. The molecule has 96 valence electrons. The molecule has 0 bridgehead atoms. The molecule has 2 rings (SSSR count). The van der Waals surface area contributed by atoms with E-state index in [-0.39, 0.29) is 10.9 Å². The van der Waals surface area contributed by atoms with Crippen LogP contribution in [0.25, 0.3) is 0 Å². The van der Waals surface area contributed by atoms with Crippen molar-refractivity contribution in [1.29, 1.82) is 0 Å². The highest BCUT2D eigenvalue weighted by Gasteiger charge is 2.23. The van der Waals surface area contributed by atoms with Gasteiger partial charge in [0.1, 0.15) is 4.90 Å². The number of aromatic nitrogens is 2. The van der Waals surface area contributed by atoms with Gasteiger partial charge in [0.2, 0.25) is 10.0 Å². The first kappa shape index (κ1) is 12.5. The lowest BCUT2D eigenvalue weighted by Gasteiger charge is -2.30. The van der Waals surface area contributed by atoms with Crippen LogP contribution in [0, 0.1) is 5.92 Å². The fourth-order valence-corrected chi connectivity index (χ4v) is 3.02. The molecule has 1 fully saturated rings. The van der Waals surface area contributed by atoms with Crippen LogP contribution >= 0.6 is 0 Å². The summed E-state index contributed by atoms with van der Waals surface area (Å²) in [6.45, 7) is 3.53. The van der Waals surface area contributed by atoms with Gasteiger partial charge >= 0.3 is 0 Å². The van der Waals surface area contributed by atoms with Crippen molar-refractivity contribution in [2.75, 3.05) is 13.1 Å². The van der Waals surface area contributed by atoms with Crippen molar-refractivity contribution in [3.05, 3.63) is 12.4 Å². The van der Waals surface area contributed by atoms with Crippen LogP contribution in [0.3, 0.4) is 0 Å². The second-order valence-corrected chi connectivity index (χ2v) is 6.23. The predicted molar refractivity (Wildman–Crippen MR) is 64.0 cm³/mol. The van der Waals surface area contributed by atoms with E-state index in [4.69, 9.17) is 0 Å². The van der Waals surface area contributed by atoms with Crippen LogP contribution in [-0.4, -0.2) is 37.7 Å². The maximum Gasteiger partial charge on any atom is 0.243 e. The van der Waals surface area contributed by atoms with E-state index in [2.05, 4.69) is 27.2 Å². The Morgan fingerprint density at radius 3 is 3.06 bits per heavy atom. The summed E-state index contributed by atoms with van der Waals surface area (Å²) in [5.41, 5.74) is 0. The van der Waals surface area contributed by atoms with Crippen molar-refractivity contribution in [3.8, 4) is 0 Å². The highest BCUT2D eigenvalue weighted by molar-refractivity contribution is 7.89. The van der Waals surface area contributed by atoms with Gasteiger partial charge in [-0.15, -0.1) is 0 Å². The van der Waals surface area contributed by atoms with Crippen LogP contribution in [-0.2, 0) is 10.0 Å². The van der Waals surface area contributed by atoms with E-state index in [1.165, 1.54) is 12.4 Å². The summed E-state index contributed by atoms with van der Waals surface area (Å²) in [5, 5.41) is 9.47. The van der Waals surface area contributed by atoms with Crippen molar-refractivity contribution in [2.45, 2.75) is 30.7 Å². The Morgan fingerprint density at radius 2 is 2.41 bits per heavy atom. The van der Waals surface area contributed by atoms with Gasteiger partial charge in [-0.05, 0) is 25.3 Å². The number of piperidine rings is 1. The molecule has 17 heavy (non-hydrogen) atoms. The second-order valence-electron chi connectivity index (χ2n) is 4.47. The van der Waals surface area contributed by atoms with Gasteiger partial charge in [-0.2, -0.15) is 5.10 Å². The minimum atomic E-state index is -3.42. The van der Waals surface area contributed by atoms with Gasteiger partial charge in [-0.1, -0.05) is 6.92 Å². The lowest BCUT2D eigenvalue weighted by molar-refractivity contribution is 0.300. The Hall–Kier alpha value is -0.920. The minimum Gasteiger partial charge on any atom is -0.312 e. The molecule has 7 heteroatoms. The standard InChI is InChI=1S/C10H18N4O2S/c1-8-3-2-4-11-10(8)7-14-17(15,16)9-5-12-13-6-9/h5-6,8,10-11,14H,2-4,7H2,1H3,(H,12,13). The normalized spacial score (nSPS) is 25.9. The molecule has 1 aromatic heterocycles.